The van der Waals surface area contributed by atoms with Gasteiger partial charge >= 0.3 is 12.1 Å². The van der Waals surface area contributed by atoms with E-state index in [1.165, 1.54) is 24.3 Å². The number of aromatic carboxylic acids is 1. The van der Waals surface area contributed by atoms with Crippen LogP contribution in [0.5, 0.6) is 0 Å². The Labute approximate surface area is 112 Å². The van der Waals surface area contributed by atoms with E-state index in [0.29, 0.717) is 5.06 Å². The third-order valence-electron chi connectivity index (χ3n) is 2.54. The number of hydrogen-bond acceptors (Lipinski definition) is 5. The van der Waals surface area contributed by atoms with E-state index < -0.39 is 23.9 Å². The molecule has 1 aromatic rings. The summed E-state index contributed by atoms with van der Waals surface area (Å²) in [7, 11) is 0. The van der Waals surface area contributed by atoms with Gasteiger partial charge in [-0.15, -0.1) is 5.06 Å². The predicted molar refractivity (Wildman–Crippen MR) is 64.6 cm³/mol. The van der Waals surface area contributed by atoms with E-state index in [4.69, 9.17) is 5.11 Å². The molecule has 1 aliphatic rings. The fourth-order valence-corrected chi connectivity index (χ4v) is 1.61. The number of carbonyl (C=O) groups is 4. The fraction of sp³-hybridized carbons (Fsp3) is 0.167. The largest absolute Gasteiger partial charge is 0.478 e. The molecule has 2 N–H and O–H groups in total. The molecule has 2 rings (SSSR count). The van der Waals surface area contributed by atoms with E-state index in [0.717, 1.165) is 0 Å². The van der Waals surface area contributed by atoms with Gasteiger partial charge < -0.3 is 9.94 Å². The zero-order valence-corrected chi connectivity index (χ0v) is 10.2. The Hall–Kier alpha value is -2.90. The van der Waals surface area contributed by atoms with Crippen LogP contribution in [0.25, 0.3) is 0 Å². The smallest absolute Gasteiger partial charge is 0.436 e. The van der Waals surface area contributed by atoms with Crippen LogP contribution >= 0.6 is 0 Å². The molecule has 8 nitrogen and oxygen atoms in total. The lowest BCUT2D eigenvalue weighted by Crippen LogP contribution is -2.33. The van der Waals surface area contributed by atoms with Crippen LogP contribution in [-0.4, -0.2) is 34.0 Å². The summed E-state index contributed by atoms with van der Waals surface area (Å²) in [4.78, 5) is 49.3. The lowest BCUT2D eigenvalue weighted by atomic mass is 10.2. The highest BCUT2D eigenvalue weighted by Gasteiger charge is 2.32. The average Bonchev–Trinajstić information content (AvgIpc) is 2.71. The first-order valence-electron chi connectivity index (χ1n) is 5.65. The third-order valence-corrected chi connectivity index (χ3v) is 2.54. The van der Waals surface area contributed by atoms with Crippen LogP contribution in [0.15, 0.2) is 24.3 Å². The molecule has 0 radical (unpaired) electrons. The van der Waals surface area contributed by atoms with Crippen LogP contribution < -0.4 is 5.32 Å². The van der Waals surface area contributed by atoms with Crippen molar-refractivity contribution in [3.8, 4) is 0 Å². The molecule has 0 atom stereocenters. The summed E-state index contributed by atoms with van der Waals surface area (Å²) in [6, 6.07) is 5.45. The van der Waals surface area contributed by atoms with Gasteiger partial charge in [0.15, 0.2) is 0 Å². The standard InChI is InChI=1S/C12H10N2O6/c15-9-4-5-10(16)14(9)20-12(19)13-8-3-1-2-7(6-8)11(17)18/h1-3,6H,4-5H2,(H,13,19)(H,17,18). The number of anilines is 1. The van der Waals surface area contributed by atoms with Gasteiger partial charge in [-0.05, 0) is 18.2 Å². The van der Waals surface area contributed by atoms with E-state index in [9.17, 15) is 19.2 Å². The van der Waals surface area contributed by atoms with Crippen molar-refractivity contribution < 1.29 is 29.1 Å². The molecule has 1 aliphatic heterocycles. The Morgan fingerprint density at radius 3 is 2.45 bits per heavy atom. The van der Waals surface area contributed by atoms with E-state index >= 15 is 0 Å². The maximum Gasteiger partial charge on any atom is 0.436 e. The van der Waals surface area contributed by atoms with Crippen molar-refractivity contribution in [2.45, 2.75) is 12.8 Å². The summed E-state index contributed by atoms with van der Waals surface area (Å²) in [5.74, 6) is -2.33. The van der Waals surface area contributed by atoms with Crippen molar-refractivity contribution in [2.24, 2.45) is 0 Å². The van der Waals surface area contributed by atoms with Crippen molar-refractivity contribution in [1.29, 1.82) is 0 Å². The van der Waals surface area contributed by atoms with Gasteiger partial charge in [0.1, 0.15) is 0 Å². The Morgan fingerprint density at radius 1 is 1.20 bits per heavy atom. The molecular formula is C12H10N2O6. The van der Waals surface area contributed by atoms with Gasteiger partial charge in [0, 0.05) is 18.5 Å². The summed E-state index contributed by atoms with van der Waals surface area (Å²) in [6.07, 6.45) is -1.04. The monoisotopic (exact) mass is 278 g/mol. The first-order chi connectivity index (χ1) is 9.47. The van der Waals surface area contributed by atoms with Gasteiger partial charge in [0.2, 0.25) is 0 Å². The molecule has 1 heterocycles. The number of amides is 3. The van der Waals surface area contributed by atoms with Gasteiger partial charge in [-0.25, -0.2) is 9.59 Å². The number of imide groups is 1. The molecule has 3 amide bonds. The molecule has 20 heavy (non-hydrogen) atoms. The molecule has 0 aliphatic carbocycles. The number of rotatable bonds is 3. The maximum atomic E-state index is 11.5. The summed E-state index contributed by atoms with van der Waals surface area (Å²) in [5, 5.41) is 11.4. The highest BCUT2D eigenvalue weighted by Crippen LogP contribution is 2.14. The quantitative estimate of drug-likeness (QED) is 0.797. The van der Waals surface area contributed by atoms with Crippen LogP contribution in [0.3, 0.4) is 0 Å². The van der Waals surface area contributed by atoms with E-state index in [1.807, 2.05) is 0 Å². The minimum atomic E-state index is -1.15. The number of nitrogens with zero attached hydrogens (tertiary/aromatic N) is 1. The number of benzene rings is 1. The molecule has 8 heteroatoms. The van der Waals surface area contributed by atoms with Crippen LogP contribution in [0, 0.1) is 0 Å². The van der Waals surface area contributed by atoms with Crippen LogP contribution in [0.2, 0.25) is 0 Å². The van der Waals surface area contributed by atoms with Crippen LogP contribution in [0.1, 0.15) is 23.2 Å². The van der Waals surface area contributed by atoms with Gasteiger partial charge in [-0.1, -0.05) is 6.07 Å². The minimum absolute atomic E-state index is 0.000608. The zero-order chi connectivity index (χ0) is 14.7. The molecule has 0 spiro atoms. The highest BCUT2D eigenvalue weighted by atomic mass is 16.7. The maximum absolute atomic E-state index is 11.5. The molecule has 1 aromatic carbocycles. The first kappa shape index (κ1) is 13.5. The summed E-state index contributed by atoms with van der Waals surface area (Å²) in [5.41, 5.74) is 0.158. The lowest BCUT2D eigenvalue weighted by molar-refractivity contribution is -0.170. The summed E-state index contributed by atoms with van der Waals surface area (Å²) in [6.45, 7) is 0. The van der Waals surface area contributed by atoms with Gasteiger partial charge in [-0.3, -0.25) is 14.9 Å². The Kier molecular flexibility index (Phi) is 3.65. The second-order valence-corrected chi connectivity index (χ2v) is 3.97. The average molecular weight is 278 g/mol. The molecule has 0 saturated carbocycles. The predicted octanol–water partition coefficient (Wildman–Crippen LogP) is 0.997. The Bertz CT molecular complexity index is 581. The van der Waals surface area contributed by atoms with Crippen molar-refractivity contribution in [3.05, 3.63) is 29.8 Å². The molecule has 0 bridgehead atoms. The van der Waals surface area contributed by atoms with Crippen molar-refractivity contribution in [1.82, 2.24) is 5.06 Å². The lowest BCUT2D eigenvalue weighted by Gasteiger charge is -2.13. The first-order valence-corrected chi connectivity index (χ1v) is 5.65. The van der Waals surface area contributed by atoms with E-state index in [2.05, 4.69) is 10.2 Å². The Balaban J connectivity index is 2.01. The number of carbonyl (C=O) groups excluding carboxylic acids is 3. The van der Waals surface area contributed by atoms with Crippen molar-refractivity contribution in [3.63, 3.8) is 0 Å². The SMILES string of the molecule is O=C(Nc1cccc(C(=O)O)c1)ON1C(=O)CCC1=O. The second-order valence-electron chi connectivity index (χ2n) is 3.97. The molecule has 104 valence electrons. The van der Waals surface area contributed by atoms with E-state index in [1.54, 1.807) is 0 Å². The molecule has 1 fully saturated rings. The summed E-state index contributed by atoms with van der Waals surface area (Å²) < 4.78 is 0. The van der Waals surface area contributed by atoms with Crippen molar-refractivity contribution in [2.75, 3.05) is 5.32 Å². The normalized spacial score (nSPS) is 14.3. The van der Waals surface area contributed by atoms with Crippen molar-refractivity contribution >= 4 is 29.6 Å². The highest BCUT2D eigenvalue weighted by molar-refractivity contribution is 6.02. The number of carboxylic acid groups (broad SMARTS) is 1. The molecule has 0 aromatic heterocycles. The Morgan fingerprint density at radius 2 is 1.85 bits per heavy atom. The third kappa shape index (κ3) is 2.91. The topological polar surface area (TPSA) is 113 Å². The minimum Gasteiger partial charge on any atom is -0.478 e. The van der Waals surface area contributed by atoms with Crippen LogP contribution in [-0.2, 0) is 14.4 Å². The molecule has 1 saturated heterocycles. The molecular weight excluding hydrogens is 268 g/mol. The number of hydrogen-bond donors (Lipinski definition) is 2. The zero-order valence-electron chi connectivity index (χ0n) is 10.2. The van der Waals surface area contributed by atoms with Gasteiger partial charge in [0.25, 0.3) is 11.8 Å². The fourth-order valence-electron chi connectivity index (χ4n) is 1.61. The van der Waals surface area contributed by atoms with Gasteiger partial charge in [0.05, 0.1) is 5.56 Å². The van der Waals surface area contributed by atoms with Gasteiger partial charge in [-0.2, -0.15) is 0 Å². The number of carboxylic acids is 1. The van der Waals surface area contributed by atoms with E-state index in [-0.39, 0.29) is 24.1 Å². The summed E-state index contributed by atoms with van der Waals surface area (Å²) >= 11 is 0. The van der Waals surface area contributed by atoms with Crippen LogP contribution in [0.4, 0.5) is 10.5 Å². The second kappa shape index (κ2) is 5.39. The molecule has 0 unspecified atom stereocenters. The number of hydroxylamine groups is 2. The number of nitrogens with one attached hydrogen (secondary N) is 1.